The first-order valence-corrected chi connectivity index (χ1v) is 11.7. The van der Waals surface area contributed by atoms with Gasteiger partial charge in [0, 0.05) is 11.5 Å². The summed E-state index contributed by atoms with van der Waals surface area (Å²) in [4.78, 5) is 20.5. The molecule has 1 unspecified atom stereocenters. The molecule has 0 saturated carbocycles. The fraction of sp³-hybridized carbons (Fsp3) is 0.179. The van der Waals surface area contributed by atoms with E-state index < -0.39 is 23.6 Å². The van der Waals surface area contributed by atoms with Crippen molar-refractivity contribution in [3.05, 3.63) is 106 Å². The van der Waals surface area contributed by atoms with Crippen LogP contribution in [0.4, 0.5) is 4.39 Å². The highest BCUT2D eigenvalue weighted by Crippen LogP contribution is 2.35. The number of halogens is 2. The van der Waals surface area contributed by atoms with Gasteiger partial charge in [0.2, 0.25) is 5.91 Å². The Labute approximate surface area is 213 Å². The number of carbonyl (C=O) groups is 1. The third kappa shape index (κ3) is 5.56. The molecule has 3 N–H and O–H groups in total. The Kier molecular flexibility index (Phi) is 7.67. The number of nitrogens with two attached hydrogens (primary N) is 1. The molecule has 2 atom stereocenters. The number of ether oxygens (including phenoxy) is 1. The Morgan fingerprint density at radius 1 is 1.11 bits per heavy atom. The molecule has 3 aromatic carbocycles. The van der Waals surface area contributed by atoms with Crippen LogP contribution in [0.25, 0.3) is 11.3 Å². The number of nitrogens with zero attached hydrogens (tertiary/aromatic N) is 2. The number of hydrogen-bond donors (Lipinski definition) is 2. The minimum Gasteiger partial charge on any atom is -0.497 e. The number of imidazole rings is 1. The van der Waals surface area contributed by atoms with E-state index in [1.54, 1.807) is 19.2 Å². The van der Waals surface area contributed by atoms with Crippen LogP contribution in [0.2, 0.25) is 5.15 Å². The number of methoxy groups -OCH3 is 1. The SMILES string of the molecule is COc1cccc(CC(C(N)=O)[C@H](Cc2ccccc2)c2nc(-c3ccc(C#N)c(F)c3)c(Cl)[nH]2)c1. The molecule has 0 fully saturated rings. The number of H-pyrrole nitrogens is 1. The van der Waals surface area contributed by atoms with Gasteiger partial charge in [-0.3, -0.25) is 4.79 Å². The normalized spacial score (nSPS) is 12.5. The highest BCUT2D eigenvalue weighted by molar-refractivity contribution is 6.31. The number of amides is 1. The van der Waals surface area contributed by atoms with E-state index in [-0.39, 0.29) is 10.7 Å². The lowest BCUT2D eigenvalue weighted by Gasteiger charge is -2.24. The van der Waals surface area contributed by atoms with Gasteiger partial charge in [-0.2, -0.15) is 5.26 Å². The lowest BCUT2D eigenvalue weighted by atomic mass is 9.81. The predicted octanol–water partition coefficient (Wildman–Crippen LogP) is 5.42. The molecule has 1 amide bonds. The molecule has 0 radical (unpaired) electrons. The van der Waals surface area contributed by atoms with Gasteiger partial charge in [-0.25, -0.2) is 9.37 Å². The summed E-state index contributed by atoms with van der Waals surface area (Å²) in [7, 11) is 1.58. The number of aromatic amines is 1. The highest BCUT2D eigenvalue weighted by atomic mass is 35.5. The molecule has 0 aliphatic rings. The Bertz CT molecular complexity index is 1410. The summed E-state index contributed by atoms with van der Waals surface area (Å²) in [6.07, 6.45) is 0.840. The fourth-order valence-electron chi connectivity index (χ4n) is 4.28. The largest absolute Gasteiger partial charge is 0.497 e. The maximum absolute atomic E-state index is 14.3. The van der Waals surface area contributed by atoms with Crippen molar-refractivity contribution in [2.45, 2.75) is 18.8 Å². The van der Waals surface area contributed by atoms with Crippen molar-refractivity contribution in [2.24, 2.45) is 11.7 Å². The summed E-state index contributed by atoms with van der Waals surface area (Å²) in [6, 6.07) is 23.2. The molecular weight excluding hydrogens is 479 g/mol. The summed E-state index contributed by atoms with van der Waals surface area (Å²) < 4.78 is 19.6. The van der Waals surface area contributed by atoms with Gasteiger partial charge in [-0.15, -0.1) is 0 Å². The molecular formula is C28H24ClFN4O2. The maximum Gasteiger partial charge on any atom is 0.221 e. The number of aromatic nitrogens is 2. The number of rotatable bonds is 9. The number of benzene rings is 3. The Balaban J connectivity index is 1.76. The average molecular weight is 503 g/mol. The highest BCUT2D eigenvalue weighted by Gasteiger charge is 2.32. The van der Waals surface area contributed by atoms with Crippen molar-refractivity contribution >= 4 is 17.5 Å². The van der Waals surface area contributed by atoms with Crippen molar-refractivity contribution in [2.75, 3.05) is 7.11 Å². The lowest BCUT2D eigenvalue weighted by molar-refractivity contribution is -0.122. The molecule has 1 heterocycles. The van der Waals surface area contributed by atoms with Crippen molar-refractivity contribution in [1.29, 1.82) is 5.26 Å². The monoisotopic (exact) mass is 502 g/mol. The van der Waals surface area contributed by atoms with E-state index in [1.807, 2.05) is 54.6 Å². The Morgan fingerprint density at radius 3 is 2.53 bits per heavy atom. The van der Waals surface area contributed by atoms with E-state index in [4.69, 9.17) is 27.3 Å². The van der Waals surface area contributed by atoms with Crippen LogP contribution in [0, 0.1) is 23.1 Å². The molecule has 182 valence electrons. The Morgan fingerprint density at radius 2 is 1.86 bits per heavy atom. The summed E-state index contributed by atoms with van der Waals surface area (Å²) in [5.41, 5.74) is 8.50. The van der Waals surface area contributed by atoms with E-state index in [1.165, 1.54) is 12.1 Å². The molecule has 4 rings (SSSR count). The number of nitrogens with one attached hydrogen (secondary N) is 1. The van der Waals surface area contributed by atoms with Crippen LogP contribution in [0.5, 0.6) is 5.75 Å². The van der Waals surface area contributed by atoms with Gasteiger partial charge in [-0.05, 0) is 48.2 Å². The van der Waals surface area contributed by atoms with Gasteiger partial charge in [0.1, 0.15) is 34.3 Å². The average Bonchev–Trinajstić information content (AvgIpc) is 3.27. The molecule has 0 saturated heterocycles. The first kappa shape index (κ1) is 25.0. The molecule has 6 nitrogen and oxygen atoms in total. The summed E-state index contributed by atoms with van der Waals surface area (Å²) in [6.45, 7) is 0. The molecule has 0 aliphatic carbocycles. The van der Waals surface area contributed by atoms with E-state index in [2.05, 4.69) is 9.97 Å². The minimum absolute atomic E-state index is 0.0698. The van der Waals surface area contributed by atoms with Gasteiger partial charge in [0.25, 0.3) is 0 Å². The zero-order valence-electron chi connectivity index (χ0n) is 19.5. The number of primary amides is 1. The number of carbonyl (C=O) groups excluding carboxylic acids is 1. The van der Waals surface area contributed by atoms with E-state index in [0.29, 0.717) is 35.7 Å². The molecule has 8 heteroatoms. The van der Waals surface area contributed by atoms with Crippen molar-refractivity contribution in [3.8, 4) is 23.1 Å². The van der Waals surface area contributed by atoms with Gasteiger partial charge in [-0.1, -0.05) is 60.1 Å². The topological polar surface area (TPSA) is 105 Å². The molecule has 0 aliphatic heterocycles. The quantitative estimate of drug-likeness (QED) is 0.319. The van der Waals surface area contributed by atoms with Crippen LogP contribution in [0.1, 0.15) is 28.4 Å². The van der Waals surface area contributed by atoms with Gasteiger partial charge >= 0.3 is 0 Å². The first-order chi connectivity index (χ1) is 17.4. The van der Waals surface area contributed by atoms with Crippen LogP contribution < -0.4 is 10.5 Å². The lowest BCUT2D eigenvalue weighted by Crippen LogP contribution is -2.32. The molecule has 36 heavy (non-hydrogen) atoms. The minimum atomic E-state index is -0.663. The van der Waals surface area contributed by atoms with E-state index >= 15 is 0 Å². The Hall–Kier alpha value is -4.15. The molecule has 0 spiro atoms. The third-order valence-corrected chi connectivity index (χ3v) is 6.41. The van der Waals surface area contributed by atoms with Crippen molar-refractivity contribution < 1.29 is 13.9 Å². The second-order valence-corrected chi connectivity index (χ2v) is 8.83. The summed E-state index contributed by atoms with van der Waals surface area (Å²) >= 11 is 6.50. The standard InChI is InChI=1S/C28H24ClFN4O2/c1-36-21-9-5-8-18(12-21)14-22(27(32)35)23(13-17-6-3-2-4-7-17)28-33-25(26(29)34-28)19-10-11-20(16-31)24(30)15-19/h2-12,15,22-23H,13-14H2,1H3,(H2,32,35)(H,33,34)/t22?,23-/m0/s1. The van der Waals surface area contributed by atoms with Crippen molar-refractivity contribution in [1.82, 2.24) is 9.97 Å². The number of hydrogen-bond acceptors (Lipinski definition) is 4. The first-order valence-electron chi connectivity index (χ1n) is 11.3. The smallest absolute Gasteiger partial charge is 0.221 e. The van der Waals surface area contributed by atoms with Crippen molar-refractivity contribution in [3.63, 3.8) is 0 Å². The predicted molar refractivity (Wildman–Crippen MR) is 136 cm³/mol. The van der Waals surface area contributed by atoms with Crippen LogP contribution in [0.3, 0.4) is 0 Å². The summed E-state index contributed by atoms with van der Waals surface area (Å²) in [5, 5.41) is 9.23. The number of nitriles is 1. The van der Waals surface area contributed by atoms with Crippen LogP contribution in [0.15, 0.2) is 72.8 Å². The van der Waals surface area contributed by atoms with E-state index in [9.17, 15) is 9.18 Å². The third-order valence-electron chi connectivity index (χ3n) is 6.13. The van der Waals surface area contributed by atoms with Gasteiger partial charge in [0.05, 0.1) is 18.6 Å². The maximum atomic E-state index is 14.3. The second kappa shape index (κ2) is 11.1. The zero-order chi connectivity index (χ0) is 25.7. The van der Waals surface area contributed by atoms with Gasteiger partial charge in [0.15, 0.2) is 0 Å². The molecule has 1 aromatic heterocycles. The summed E-state index contributed by atoms with van der Waals surface area (Å²) in [5.74, 6) is -1.05. The fourth-order valence-corrected chi connectivity index (χ4v) is 4.53. The van der Waals surface area contributed by atoms with Crippen LogP contribution >= 0.6 is 11.6 Å². The second-order valence-electron chi connectivity index (χ2n) is 8.45. The van der Waals surface area contributed by atoms with Crippen LogP contribution in [-0.4, -0.2) is 23.0 Å². The molecule has 0 bridgehead atoms. The van der Waals surface area contributed by atoms with Crippen LogP contribution in [-0.2, 0) is 17.6 Å². The molecule has 4 aromatic rings. The van der Waals surface area contributed by atoms with Gasteiger partial charge < -0.3 is 15.5 Å². The zero-order valence-corrected chi connectivity index (χ0v) is 20.3. The van der Waals surface area contributed by atoms with E-state index in [0.717, 1.165) is 11.1 Å².